The van der Waals surface area contributed by atoms with Crippen molar-refractivity contribution in [1.82, 2.24) is 4.98 Å². The highest BCUT2D eigenvalue weighted by molar-refractivity contribution is 6.35. The summed E-state index contributed by atoms with van der Waals surface area (Å²) in [5.74, 6) is -0.508. The van der Waals surface area contributed by atoms with Gasteiger partial charge in [-0.05, 0) is 6.07 Å². The van der Waals surface area contributed by atoms with E-state index in [1.165, 1.54) is 13.3 Å². The van der Waals surface area contributed by atoms with E-state index in [0.717, 1.165) is 0 Å². The first kappa shape index (κ1) is 10.7. The fourth-order valence-electron chi connectivity index (χ4n) is 1.48. The molecule has 0 spiro atoms. The number of para-hydroxylation sites is 1. The fraction of sp³-hybridized carbons (Fsp3) is 0.0909. The van der Waals surface area contributed by atoms with Gasteiger partial charge in [0.05, 0.1) is 23.3 Å². The van der Waals surface area contributed by atoms with Crippen LogP contribution in [0.1, 0.15) is 10.4 Å². The van der Waals surface area contributed by atoms with Crippen LogP contribution in [-0.2, 0) is 4.74 Å². The van der Waals surface area contributed by atoms with Crippen molar-refractivity contribution in [2.24, 2.45) is 0 Å². The van der Waals surface area contributed by atoms with Crippen molar-refractivity contribution in [2.45, 2.75) is 0 Å². The van der Waals surface area contributed by atoms with Crippen LogP contribution in [0.2, 0.25) is 5.02 Å². The summed E-state index contributed by atoms with van der Waals surface area (Å²) in [5.41, 5.74) is 7.02. The first-order valence-corrected chi connectivity index (χ1v) is 4.94. The van der Waals surface area contributed by atoms with Crippen LogP contribution >= 0.6 is 11.6 Å². The van der Waals surface area contributed by atoms with Crippen LogP contribution in [-0.4, -0.2) is 18.1 Å². The average molecular weight is 237 g/mol. The summed E-state index contributed by atoms with van der Waals surface area (Å²) >= 11 is 5.96. The number of benzene rings is 1. The second kappa shape index (κ2) is 3.98. The lowest BCUT2D eigenvalue weighted by molar-refractivity contribution is 0.0601. The smallest absolute Gasteiger partial charge is 0.341 e. The molecule has 0 saturated heterocycles. The Morgan fingerprint density at radius 2 is 2.25 bits per heavy atom. The molecular weight excluding hydrogens is 228 g/mol. The number of hydrogen-bond acceptors (Lipinski definition) is 4. The zero-order chi connectivity index (χ0) is 11.7. The van der Waals surface area contributed by atoms with Gasteiger partial charge in [0.2, 0.25) is 0 Å². The molecule has 1 aromatic carbocycles. The van der Waals surface area contributed by atoms with Gasteiger partial charge in [-0.2, -0.15) is 0 Å². The van der Waals surface area contributed by atoms with E-state index in [4.69, 9.17) is 17.3 Å². The molecule has 0 saturated carbocycles. The molecule has 2 N–H and O–H groups in total. The van der Waals surface area contributed by atoms with Gasteiger partial charge in [0.25, 0.3) is 0 Å². The number of ether oxygens (including phenoxy) is 1. The van der Waals surface area contributed by atoms with Crippen LogP contribution in [0.5, 0.6) is 0 Å². The average Bonchev–Trinajstić information content (AvgIpc) is 2.30. The number of nitrogens with zero attached hydrogens (tertiary/aromatic N) is 1. The lowest BCUT2D eigenvalue weighted by atomic mass is 10.1. The Hall–Kier alpha value is -1.81. The normalized spacial score (nSPS) is 10.4. The number of methoxy groups -OCH3 is 1. The van der Waals surface area contributed by atoms with Crippen molar-refractivity contribution in [3.63, 3.8) is 0 Å². The maximum Gasteiger partial charge on any atom is 0.341 e. The molecule has 0 bridgehead atoms. The number of esters is 1. The molecule has 1 heterocycles. The minimum atomic E-state index is -0.508. The van der Waals surface area contributed by atoms with E-state index >= 15 is 0 Å². The van der Waals surface area contributed by atoms with Gasteiger partial charge in [0.15, 0.2) is 0 Å². The Morgan fingerprint density at radius 1 is 1.50 bits per heavy atom. The molecule has 2 aromatic rings. The van der Waals surface area contributed by atoms with Crippen LogP contribution in [0.25, 0.3) is 10.9 Å². The van der Waals surface area contributed by atoms with Crippen LogP contribution in [0.4, 0.5) is 5.69 Å². The molecule has 0 aliphatic rings. The third-order valence-electron chi connectivity index (χ3n) is 2.30. The predicted molar refractivity (Wildman–Crippen MR) is 62.5 cm³/mol. The highest BCUT2D eigenvalue weighted by atomic mass is 35.5. The van der Waals surface area contributed by atoms with Gasteiger partial charge in [-0.25, -0.2) is 4.79 Å². The van der Waals surface area contributed by atoms with Gasteiger partial charge in [-0.15, -0.1) is 0 Å². The van der Waals surface area contributed by atoms with Crippen molar-refractivity contribution in [1.29, 1.82) is 0 Å². The molecule has 0 fully saturated rings. The molecule has 82 valence electrons. The summed E-state index contributed by atoms with van der Waals surface area (Å²) in [6.45, 7) is 0. The molecule has 2 rings (SSSR count). The highest BCUT2D eigenvalue weighted by Gasteiger charge is 2.14. The number of fused-ring (bicyclic) bond motifs is 1. The Labute approximate surface area is 97.0 Å². The van der Waals surface area contributed by atoms with Crippen molar-refractivity contribution >= 4 is 34.2 Å². The molecule has 0 radical (unpaired) electrons. The van der Waals surface area contributed by atoms with E-state index in [0.29, 0.717) is 21.6 Å². The van der Waals surface area contributed by atoms with Crippen LogP contribution in [0.3, 0.4) is 0 Å². The predicted octanol–water partition coefficient (Wildman–Crippen LogP) is 2.26. The molecule has 0 unspecified atom stereocenters. The number of anilines is 1. The third kappa shape index (κ3) is 1.57. The van der Waals surface area contributed by atoms with Gasteiger partial charge < -0.3 is 10.5 Å². The number of nitrogens with two attached hydrogens (primary N) is 1. The van der Waals surface area contributed by atoms with Crippen molar-refractivity contribution in [2.75, 3.05) is 12.8 Å². The van der Waals surface area contributed by atoms with E-state index in [1.54, 1.807) is 18.2 Å². The SMILES string of the molecule is COC(=O)c1cnc2c(Cl)cccc2c1N. The minimum Gasteiger partial charge on any atom is -0.465 e. The minimum absolute atomic E-state index is 0.247. The quantitative estimate of drug-likeness (QED) is 0.772. The Kier molecular flexibility index (Phi) is 2.66. The standard InChI is InChI=1S/C11H9ClN2O2/c1-16-11(15)7-5-14-10-6(9(7)13)3-2-4-8(10)12/h2-5H,1H3,(H2,13,14). The molecule has 0 atom stereocenters. The first-order valence-electron chi connectivity index (χ1n) is 4.56. The van der Waals surface area contributed by atoms with Crippen LogP contribution < -0.4 is 5.73 Å². The van der Waals surface area contributed by atoms with E-state index in [1.807, 2.05) is 0 Å². The summed E-state index contributed by atoms with van der Waals surface area (Å²) < 4.78 is 4.60. The lowest BCUT2D eigenvalue weighted by Gasteiger charge is -2.07. The number of carbonyl (C=O) groups excluding carboxylic acids is 1. The maximum absolute atomic E-state index is 11.4. The van der Waals surface area contributed by atoms with E-state index < -0.39 is 5.97 Å². The van der Waals surface area contributed by atoms with Gasteiger partial charge in [0, 0.05) is 11.6 Å². The Morgan fingerprint density at radius 3 is 2.94 bits per heavy atom. The van der Waals surface area contributed by atoms with E-state index in [-0.39, 0.29) is 5.56 Å². The third-order valence-corrected chi connectivity index (χ3v) is 2.60. The zero-order valence-corrected chi connectivity index (χ0v) is 9.28. The molecule has 16 heavy (non-hydrogen) atoms. The van der Waals surface area contributed by atoms with Gasteiger partial charge in [-0.3, -0.25) is 4.98 Å². The summed E-state index contributed by atoms with van der Waals surface area (Å²) in [7, 11) is 1.30. The molecular formula is C11H9ClN2O2. The second-order valence-electron chi connectivity index (χ2n) is 3.21. The van der Waals surface area contributed by atoms with E-state index in [2.05, 4.69) is 9.72 Å². The number of pyridine rings is 1. The Bertz CT molecular complexity index is 569. The van der Waals surface area contributed by atoms with Crippen LogP contribution in [0, 0.1) is 0 Å². The largest absolute Gasteiger partial charge is 0.465 e. The number of hydrogen-bond donors (Lipinski definition) is 1. The fourth-order valence-corrected chi connectivity index (χ4v) is 1.70. The molecule has 0 aliphatic heterocycles. The monoisotopic (exact) mass is 236 g/mol. The molecule has 0 amide bonds. The summed E-state index contributed by atoms with van der Waals surface area (Å²) in [4.78, 5) is 15.5. The highest BCUT2D eigenvalue weighted by Crippen LogP contribution is 2.28. The molecule has 4 nitrogen and oxygen atoms in total. The zero-order valence-electron chi connectivity index (χ0n) is 8.53. The van der Waals surface area contributed by atoms with E-state index in [9.17, 15) is 4.79 Å². The van der Waals surface area contributed by atoms with Gasteiger partial charge in [-0.1, -0.05) is 23.7 Å². The lowest BCUT2D eigenvalue weighted by Crippen LogP contribution is -2.06. The van der Waals surface area contributed by atoms with Crippen molar-refractivity contribution in [3.8, 4) is 0 Å². The first-order chi connectivity index (χ1) is 7.65. The second-order valence-corrected chi connectivity index (χ2v) is 3.62. The summed E-state index contributed by atoms with van der Waals surface area (Å²) in [6, 6.07) is 5.23. The van der Waals surface area contributed by atoms with Gasteiger partial charge in [0.1, 0.15) is 5.56 Å². The topological polar surface area (TPSA) is 65.2 Å². The van der Waals surface area contributed by atoms with Crippen molar-refractivity contribution < 1.29 is 9.53 Å². The summed E-state index contributed by atoms with van der Waals surface area (Å²) in [5, 5.41) is 1.15. The Balaban J connectivity index is 2.75. The molecule has 5 heteroatoms. The number of nitrogen functional groups attached to an aromatic ring is 1. The van der Waals surface area contributed by atoms with Gasteiger partial charge >= 0.3 is 5.97 Å². The number of halogens is 1. The molecule has 0 aliphatic carbocycles. The number of aromatic nitrogens is 1. The van der Waals surface area contributed by atoms with Crippen LogP contribution in [0.15, 0.2) is 24.4 Å². The molecule has 1 aromatic heterocycles. The maximum atomic E-state index is 11.4. The number of carbonyl (C=O) groups is 1. The number of rotatable bonds is 1. The summed E-state index contributed by atoms with van der Waals surface area (Å²) in [6.07, 6.45) is 1.37. The van der Waals surface area contributed by atoms with Crippen molar-refractivity contribution in [3.05, 3.63) is 35.0 Å².